The van der Waals surface area contributed by atoms with Crippen LogP contribution in [0.1, 0.15) is 5.56 Å². The third-order valence-corrected chi connectivity index (χ3v) is 5.19. The summed E-state index contributed by atoms with van der Waals surface area (Å²) in [5, 5.41) is 43.2. The SMILES string of the molecule is Cc1ccc2c(OCCO)cc(-c3cc(OCCO)c4ccccc4c3O)c(O)c2c1. The molecule has 0 bridgehead atoms. The number of aryl methyl sites for hydroxylation is 1. The van der Waals surface area contributed by atoms with Crippen LogP contribution in [0.15, 0.2) is 54.6 Å². The molecule has 6 nitrogen and oxygen atoms in total. The van der Waals surface area contributed by atoms with Crippen molar-refractivity contribution >= 4 is 21.5 Å². The summed E-state index contributed by atoms with van der Waals surface area (Å²) in [5.41, 5.74) is 1.72. The predicted octanol–water partition coefficient (Wildman–Crippen LogP) is 4.12. The van der Waals surface area contributed by atoms with E-state index in [-0.39, 0.29) is 37.9 Å². The molecule has 0 amide bonds. The number of benzene rings is 4. The van der Waals surface area contributed by atoms with Crippen LogP contribution in [-0.4, -0.2) is 46.9 Å². The summed E-state index contributed by atoms with van der Waals surface area (Å²) in [6, 6.07) is 16.2. The van der Waals surface area contributed by atoms with Crippen molar-refractivity contribution in [1.29, 1.82) is 0 Å². The quantitative estimate of drug-likeness (QED) is 0.359. The number of hydrogen-bond acceptors (Lipinski definition) is 6. The average Bonchev–Trinajstić information content (AvgIpc) is 2.79. The molecule has 31 heavy (non-hydrogen) atoms. The van der Waals surface area contributed by atoms with Gasteiger partial charge >= 0.3 is 0 Å². The first-order valence-electron chi connectivity index (χ1n) is 10.0. The van der Waals surface area contributed by atoms with Crippen molar-refractivity contribution in [3.63, 3.8) is 0 Å². The second kappa shape index (κ2) is 8.71. The number of hydrogen-bond donors (Lipinski definition) is 4. The molecular weight excluding hydrogens is 396 g/mol. The molecule has 0 unspecified atom stereocenters. The summed E-state index contributed by atoms with van der Waals surface area (Å²) in [4.78, 5) is 0. The van der Waals surface area contributed by atoms with Crippen LogP contribution in [0.2, 0.25) is 0 Å². The van der Waals surface area contributed by atoms with E-state index in [1.54, 1.807) is 24.3 Å². The smallest absolute Gasteiger partial charge is 0.131 e. The summed E-state index contributed by atoms with van der Waals surface area (Å²) in [7, 11) is 0. The summed E-state index contributed by atoms with van der Waals surface area (Å²) < 4.78 is 11.5. The van der Waals surface area contributed by atoms with Crippen molar-refractivity contribution in [3.05, 3.63) is 60.2 Å². The Morgan fingerprint density at radius 2 is 1.16 bits per heavy atom. The van der Waals surface area contributed by atoms with Crippen LogP contribution in [0.25, 0.3) is 32.7 Å². The fourth-order valence-corrected chi connectivity index (χ4v) is 3.78. The van der Waals surface area contributed by atoms with Gasteiger partial charge in [0.2, 0.25) is 0 Å². The van der Waals surface area contributed by atoms with Gasteiger partial charge in [0.15, 0.2) is 0 Å². The second-order valence-corrected chi connectivity index (χ2v) is 7.28. The van der Waals surface area contributed by atoms with Crippen molar-refractivity contribution in [1.82, 2.24) is 0 Å². The molecule has 0 aromatic heterocycles. The molecule has 4 aromatic rings. The molecule has 4 rings (SSSR count). The first-order chi connectivity index (χ1) is 15.0. The Labute approximate surface area is 179 Å². The van der Waals surface area contributed by atoms with Gasteiger partial charge in [0, 0.05) is 32.7 Å². The zero-order chi connectivity index (χ0) is 22.0. The van der Waals surface area contributed by atoms with E-state index >= 15 is 0 Å². The maximum atomic E-state index is 11.1. The van der Waals surface area contributed by atoms with Crippen LogP contribution in [-0.2, 0) is 0 Å². The molecular formula is C25H24O6. The Morgan fingerprint density at radius 3 is 1.74 bits per heavy atom. The van der Waals surface area contributed by atoms with Gasteiger partial charge in [-0.1, -0.05) is 42.0 Å². The highest BCUT2D eigenvalue weighted by Crippen LogP contribution is 2.48. The fourth-order valence-electron chi connectivity index (χ4n) is 3.78. The number of rotatable bonds is 7. The van der Waals surface area contributed by atoms with Crippen LogP contribution < -0.4 is 9.47 Å². The van der Waals surface area contributed by atoms with Gasteiger partial charge in [0.25, 0.3) is 0 Å². The standard InChI is InChI=1S/C25H24O6/c1-15-6-7-17-19(12-15)25(29)21(14-23(17)31-11-9-27)20-13-22(30-10-8-26)16-4-2-3-5-18(16)24(20)28/h2-7,12-14,26-29H,8-11H2,1H3. The van der Waals surface area contributed by atoms with E-state index in [0.717, 1.165) is 5.56 Å². The monoisotopic (exact) mass is 420 g/mol. The third-order valence-electron chi connectivity index (χ3n) is 5.19. The van der Waals surface area contributed by atoms with E-state index in [0.29, 0.717) is 44.2 Å². The minimum atomic E-state index is -0.149. The Hall–Kier alpha value is -3.48. The highest BCUT2D eigenvalue weighted by Gasteiger charge is 2.20. The lowest BCUT2D eigenvalue weighted by Crippen LogP contribution is -2.03. The Morgan fingerprint density at radius 1 is 0.645 bits per heavy atom. The number of phenolic OH excluding ortho intramolecular Hbond substituents is 2. The van der Waals surface area contributed by atoms with E-state index in [4.69, 9.17) is 9.47 Å². The molecule has 0 saturated carbocycles. The summed E-state index contributed by atoms with van der Waals surface area (Å²) >= 11 is 0. The first-order valence-corrected chi connectivity index (χ1v) is 10.0. The average molecular weight is 420 g/mol. The lowest BCUT2D eigenvalue weighted by Gasteiger charge is -2.18. The largest absolute Gasteiger partial charge is 0.507 e. The zero-order valence-corrected chi connectivity index (χ0v) is 17.1. The van der Waals surface area contributed by atoms with Crippen molar-refractivity contribution in [2.45, 2.75) is 6.92 Å². The Kier molecular flexibility index (Phi) is 5.84. The van der Waals surface area contributed by atoms with E-state index in [1.165, 1.54) is 0 Å². The van der Waals surface area contributed by atoms with E-state index in [2.05, 4.69) is 0 Å². The predicted molar refractivity (Wildman–Crippen MR) is 120 cm³/mol. The molecule has 0 fully saturated rings. The molecule has 0 saturated heterocycles. The van der Waals surface area contributed by atoms with Crippen LogP contribution in [0.4, 0.5) is 0 Å². The molecule has 6 heteroatoms. The van der Waals surface area contributed by atoms with Crippen LogP contribution >= 0.6 is 0 Å². The minimum absolute atomic E-state index is 0.00218. The molecule has 160 valence electrons. The van der Waals surface area contributed by atoms with Crippen molar-refractivity contribution < 1.29 is 29.9 Å². The number of aliphatic hydroxyl groups excluding tert-OH is 2. The number of ether oxygens (including phenoxy) is 2. The molecule has 4 N–H and O–H groups in total. The number of aliphatic hydroxyl groups is 2. The van der Waals surface area contributed by atoms with E-state index < -0.39 is 0 Å². The summed E-state index contributed by atoms with van der Waals surface area (Å²) in [6.07, 6.45) is 0. The number of aromatic hydroxyl groups is 2. The molecule has 0 radical (unpaired) electrons. The van der Waals surface area contributed by atoms with Gasteiger partial charge in [-0.2, -0.15) is 0 Å². The second-order valence-electron chi connectivity index (χ2n) is 7.28. The van der Waals surface area contributed by atoms with Gasteiger partial charge in [0.1, 0.15) is 36.2 Å². The van der Waals surface area contributed by atoms with Gasteiger partial charge in [0.05, 0.1) is 13.2 Å². The Balaban J connectivity index is 2.01. The highest BCUT2D eigenvalue weighted by atomic mass is 16.5. The fraction of sp³-hybridized carbons (Fsp3) is 0.200. The topological polar surface area (TPSA) is 99.4 Å². The van der Waals surface area contributed by atoms with E-state index in [9.17, 15) is 20.4 Å². The Bertz CT molecular complexity index is 1250. The van der Waals surface area contributed by atoms with Crippen LogP contribution in [0, 0.1) is 6.92 Å². The maximum absolute atomic E-state index is 11.1. The van der Waals surface area contributed by atoms with Crippen LogP contribution in [0.5, 0.6) is 23.0 Å². The molecule has 0 heterocycles. The van der Waals surface area contributed by atoms with Gasteiger partial charge in [-0.05, 0) is 25.1 Å². The van der Waals surface area contributed by atoms with Gasteiger partial charge in [-0.15, -0.1) is 0 Å². The van der Waals surface area contributed by atoms with Crippen molar-refractivity contribution in [2.75, 3.05) is 26.4 Å². The number of fused-ring (bicyclic) bond motifs is 2. The van der Waals surface area contributed by atoms with Gasteiger partial charge in [-0.25, -0.2) is 0 Å². The lowest BCUT2D eigenvalue weighted by atomic mass is 9.94. The lowest BCUT2D eigenvalue weighted by molar-refractivity contribution is 0.202. The molecule has 0 spiro atoms. The number of phenols is 2. The van der Waals surface area contributed by atoms with Crippen molar-refractivity contribution in [2.24, 2.45) is 0 Å². The normalized spacial score (nSPS) is 11.2. The molecule has 0 aliphatic heterocycles. The van der Waals surface area contributed by atoms with Crippen LogP contribution in [0.3, 0.4) is 0 Å². The molecule has 4 aromatic carbocycles. The van der Waals surface area contributed by atoms with Gasteiger partial charge < -0.3 is 29.9 Å². The highest BCUT2D eigenvalue weighted by molar-refractivity contribution is 6.04. The molecule has 0 aliphatic rings. The van der Waals surface area contributed by atoms with E-state index in [1.807, 2.05) is 37.3 Å². The maximum Gasteiger partial charge on any atom is 0.131 e. The minimum Gasteiger partial charge on any atom is -0.507 e. The zero-order valence-electron chi connectivity index (χ0n) is 17.1. The van der Waals surface area contributed by atoms with Crippen molar-refractivity contribution in [3.8, 4) is 34.1 Å². The van der Waals surface area contributed by atoms with Gasteiger partial charge in [-0.3, -0.25) is 0 Å². The molecule has 0 atom stereocenters. The summed E-state index contributed by atoms with van der Waals surface area (Å²) in [5.74, 6) is 0.984. The third kappa shape index (κ3) is 3.83. The first kappa shape index (κ1) is 20.8. The molecule has 0 aliphatic carbocycles. The summed E-state index contributed by atoms with van der Waals surface area (Å²) in [6.45, 7) is 1.83.